The summed E-state index contributed by atoms with van der Waals surface area (Å²) in [5.74, 6) is 0.138. The van der Waals surface area contributed by atoms with Crippen molar-refractivity contribution in [3.63, 3.8) is 0 Å². The zero-order valence-electron chi connectivity index (χ0n) is 13.1. The number of ether oxygens (including phenoxy) is 1. The van der Waals surface area contributed by atoms with Gasteiger partial charge in [-0.05, 0) is 12.1 Å². The average Bonchev–Trinajstić information content (AvgIpc) is 2.56. The van der Waals surface area contributed by atoms with Gasteiger partial charge in [0.05, 0.1) is 12.8 Å². The topological polar surface area (TPSA) is 48.6 Å². The normalized spacial score (nSPS) is 15.7. The Kier molecular flexibility index (Phi) is 4.62. The SMILES string of the molecule is COc1c[nH]c(CN2CCN(c3ccccc3F)CC2)cc1=O. The van der Waals surface area contributed by atoms with Crippen LogP contribution in [-0.2, 0) is 6.54 Å². The zero-order valence-corrected chi connectivity index (χ0v) is 13.1. The smallest absolute Gasteiger partial charge is 0.223 e. The van der Waals surface area contributed by atoms with Crippen molar-refractivity contribution in [2.45, 2.75) is 6.54 Å². The minimum Gasteiger partial charge on any atom is -0.491 e. The van der Waals surface area contributed by atoms with Crippen LogP contribution in [0.25, 0.3) is 0 Å². The number of halogens is 1. The van der Waals surface area contributed by atoms with Crippen molar-refractivity contribution < 1.29 is 9.13 Å². The molecule has 122 valence electrons. The number of aromatic nitrogens is 1. The van der Waals surface area contributed by atoms with E-state index < -0.39 is 0 Å². The second kappa shape index (κ2) is 6.83. The van der Waals surface area contributed by atoms with Crippen molar-refractivity contribution in [3.8, 4) is 5.75 Å². The predicted molar refractivity (Wildman–Crippen MR) is 87.5 cm³/mol. The van der Waals surface area contributed by atoms with Gasteiger partial charge in [0.25, 0.3) is 0 Å². The fourth-order valence-electron chi connectivity index (χ4n) is 2.85. The number of nitrogens with one attached hydrogen (secondary N) is 1. The number of H-pyrrole nitrogens is 1. The van der Waals surface area contributed by atoms with E-state index >= 15 is 0 Å². The number of benzene rings is 1. The summed E-state index contributed by atoms with van der Waals surface area (Å²) in [4.78, 5) is 19.2. The van der Waals surface area contributed by atoms with Crippen LogP contribution in [0.3, 0.4) is 0 Å². The standard InChI is InChI=1S/C17H20FN3O2/c1-23-17-11-19-13(10-16(17)22)12-20-6-8-21(9-7-20)15-5-3-2-4-14(15)18/h2-5,10-11H,6-9,12H2,1H3,(H,19,22). The molecule has 1 fully saturated rings. The van der Waals surface area contributed by atoms with Gasteiger partial charge in [-0.2, -0.15) is 0 Å². The lowest BCUT2D eigenvalue weighted by Crippen LogP contribution is -2.46. The van der Waals surface area contributed by atoms with Crippen LogP contribution in [0.2, 0.25) is 0 Å². The minimum atomic E-state index is -0.180. The molecule has 1 N–H and O–H groups in total. The molecular weight excluding hydrogens is 297 g/mol. The molecule has 1 aliphatic heterocycles. The number of hydrogen-bond acceptors (Lipinski definition) is 4. The predicted octanol–water partition coefficient (Wildman–Crippen LogP) is 1.84. The molecule has 23 heavy (non-hydrogen) atoms. The molecule has 1 saturated heterocycles. The number of hydrogen-bond donors (Lipinski definition) is 1. The van der Waals surface area contributed by atoms with Gasteiger partial charge < -0.3 is 14.6 Å². The first kappa shape index (κ1) is 15.6. The summed E-state index contributed by atoms with van der Waals surface area (Å²) in [5.41, 5.74) is 1.39. The molecule has 5 nitrogen and oxygen atoms in total. The number of nitrogens with zero attached hydrogens (tertiary/aromatic N) is 2. The number of para-hydroxylation sites is 1. The van der Waals surface area contributed by atoms with Gasteiger partial charge in [-0.3, -0.25) is 9.69 Å². The summed E-state index contributed by atoms with van der Waals surface area (Å²) in [5, 5.41) is 0. The van der Waals surface area contributed by atoms with Gasteiger partial charge in [-0.15, -0.1) is 0 Å². The number of methoxy groups -OCH3 is 1. The van der Waals surface area contributed by atoms with Crippen LogP contribution >= 0.6 is 0 Å². The highest BCUT2D eigenvalue weighted by atomic mass is 19.1. The molecule has 2 heterocycles. The molecule has 6 heteroatoms. The lowest BCUT2D eigenvalue weighted by Gasteiger charge is -2.36. The molecule has 0 spiro atoms. The molecular formula is C17H20FN3O2. The Morgan fingerprint density at radius 1 is 1.22 bits per heavy atom. The Balaban J connectivity index is 1.60. The minimum absolute atomic E-state index is 0.119. The van der Waals surface area contributed by atoms with E-state index in [0.29, 0.717) is 18.0 Å². The Bertz CT molecular complexity index is 724. The Hall–Kier alpha value is -2.34. The fraction of sp³-hybridized carbons (Fsp3) is 0.353. The highest BCUT2D eigenvalue weighted by Crippen LogP contribution is 2.20. The number of aromatic amines is 1. The van der Waals surface area contributed by atoms with Gasteiger partial charge in [0.15, 0.2) is 5.75 Å². The third-order valence-corrected chi connectivity index (χ3v) is 4.12. The summed E-state index contributed by atoms with van der Waals surface area (Å²) in [7, 11) is 1.48. The number of rotatable bonds is 4. The average molecular weight is 317 g/mol. The van der Waals surface area contributed by atoms with Crippen molar-refractivity contribution in [1.29, 1.82) is 0 Å². The lowest BCUT2D eigenvalue weighted by molar-refractivity contribution is 0.246. The van der Waals surface area contributed by atoms with Gasteiger partial charge in [-0.25, -0.2) is 4.39 Å². The van der Waals surface area contributed by atoms with Gasteiger partial charge in [0, 0.05) is 50.7 Å². The summed E-state index contributed by atoms with van der Waals surface area (Å²) >= 11 is 0. The molecule has 0 aliphatic carbocycles. The van der Waals surface area contributed by atoms with Gasteiger partial charge in [0.1, 0.15) is 5.82 Å². The van der Waals surface area contributed by atoms with Gasteiger partial charge >= 0.3 is 0 Å². The van der Waals surface area contributed by atoms with Crippen LogP contribution in [0, 0.1) is 5.82 Å². The summed E-state index contributed by atoms with van der Waals surface area (Å²) in [6.07, 6.45) is 1.59. The molecule has 3 rings (SSSR count). The van der Waals surface area contributed by atoms with E-state index in [1.807, 2.05) is 12.1 Å². The molecule has 0 radical (unpaired) electrons. The molecule has 1 aliphatic rings. The number of pyridine rings is 1. The maximum atomic E-state index is 13.8. The monoisotopic (exact) mass is 317 g/mol. The second-order valence-corrected chi connectivity index (χ2v) is 5.61. The van der Waals surface area contributed by atoms with Gasteiger partial charge in [0.2, 0.25) is 5.43 Å². The van der Waals surface area contributed by atoms with E-state index in [9.17, 15) is 9.18 Å². The van der Waals surface area contributed by atoms with Crippen molar-refractivity contribution in [3.05, 3.63) is 58.3 Å². The van der Waals surface area contributed by atoms with Crippen LogP contribution in [-0.4, -0.2) is 43.2 Å². The molecule has 0 bridgehead atoms. The highest BCUT2D eigenvalue weighted by molar-refractivity contribution is 5.48. The van der Waals surface area contributed by atoms with Crippen molar-refractivity contribution in [1.82, 2.24) is 9.88 Å². The second-order valence-electron chi connectivity index (χ2n) is 5.61. The third kappa shape index (κ3) is 3.53. The third-order valence-electron chi connectivity index (χ3n) is 4.12. The fourth-order valence-corrected chi connectivity index (χ4v) is 2.85. The van der Waals surface area contributed by atoms with Crippen molar-refractivity contribution >= 4 is 5.69 Å². The first-order valence-corrected chi connectivity index (χ1v) is 7.65. The number of anilines is 1. The highest BCUT2D eigenvalue weighted by Gasteiger charge is 2.19. The van der Waals surface area contributed by atoms with Gasteiger partial charge in [-0.1, -0.05) is 12.1 Å². The Morgan fingerprint density at radius 3 is 2.61 bits per heavy atom. The van der Waals surface area contributed by atoms with E-state index in [1.54, 1.807) is 18.3 Å². The van der Waals surface area contributed by atoms with E-state index in [-0.39, 0.29) is 11.2 Å². The zero-order chi connectivity index (χ0) is 16.2. The van der Waals surface area contributed by atoms with Crippen LogP contribution in [0.5, 0.6) is 5.75 Å². The van der Waals surface area contributed by atoms with E-state index in [0.717, 1.165) is 31.9 Å². The first-order chi connectivity index (χ1) is 11.2. The van der Waals surface area contributed by atoms with Crippen LogP contribution in [0.1, 0.15) is 5.69 Å². The lowest BCUT2D eigenvalue weighted by atomic mass is 10.2. The van der Waals surface area contributed by atoms with E-state index in [4.69, 9.17) is 4.74 Å². The van der Waals surface area contributed by atoms with Crippen LogP contribution in [0.15, 0.2) is 41.3 Å². The van der Waals surface area contributed by atoms with Crippen LogP contribution in [0.4, 0.5) is 10.1 Å². The van der Waals surface area contributed by atoms with E-state index in [2.05, 4.69) is 14.8 Å². The molecule has 1 aromatic heterocycles. The molecule has 0 amide bonds. The molecule has 2 aromatic rings. The molecule has 0 atom stereocenters. The van der Waals surface area contributed by atoms with Crippen molar-refractivity contribution in [2.24, 2.45) is 0 Å². The van der Waals surface area contributed by atoms with Crippen molar-refractivity contribution in [2.75, 3.05) is 38.2 Å². The Morgan fingerprint density at radius 2 is 1.96 bits per heavy atom. The molecule has 0 unspecified atom stereocenters. The first-order valence-electron chi connectivity index (χ1n) is 7.65. The maximum absolute atomic E-state index is 13.8. The summed E-state index contributed by atoms with van der Waals surface area (Å²) in [6, 6.07) is 8.43. The van der Waals surface area contributed by atoms with Crippen LogP contribution < -0.4 is 15.1 Å². The summed E-state index contributed by atoms with van der Waals surface area (Å²) < 4.78 is 18.8. The number of piperazine rings is 1. The van der Waals surface area contributed by atoms with E-state index in [1.165, 1.54) is 13.2 Å². The maximum Gasteiger partial charge on any atom is 0.223 e. The molecule has 0 saturated carbocycles. The Labute approximate surface area is 134 Å². The quantitative estimate of drug-likeness (QED) is 0.935. The largest absolute Gasteiger partial charge is 0.491 e. The summed E-state index contributed by atoms with van der Waals surface area (Å²) in [6.45, 7) is 3.85. The molecule has 1 aromatic carbocycles.